The van der Waals surface area contributed by atoms with Crippen LogP contribution in [0.4, 0.5) is 5.69 Å². The highest BCUT2D eigenvalue weighted by Crippen LogP contribution is 2.32. The molecule has 0 fully saturated rings. The van der Waals surface area contributed by atoms with Crippen molar-refractivity contribution in [1.82, 2.24) is 19.7 Å². The number of carbonyl (C=O) groups is 1. The molecule has 1 N–H and O–H groups in total. The van der Waals surface area contributed by atoms with Gasteiger partial charge in [-0.25, -0.2) is 14.6 Å². The quantitative estimate of drug-likeness (QED) is 0.244. The molecule has 0 saturated heterocycles. The fourth-order valence-corrected chi connectivity index (χ4v) is 4.57. The predicted octanol–water partition coefficient (Wildman–Crippen LogP) is 5.78. The molecule has 0 radical (unpaired) electrons. The molecule has 0 unspecified atom stereocenters. The third-order valence-corrected chi connectivity index (χ3v) is 6.31. The van der Waals surface area contributed by atoms with Gasteiger partial charge in [0, 0.05) is 11.3 Å². The second-order valence-electron chi connectivity index (χ2n) is 7.67. The number of aryl methyl sites for hydroxylation is 1. The van der Waals surface area contributed by atoms with E-state index in [1.165, 1.54) is 11.8 Å². The minimum absolute atomic E-state index is 0.0854. The Morgan fingerprint density at radius 1 is 0.882 bits per heavy atom. The van der Waals surface area contributed by atoms with Gasteiger partial charge in [-0.2, -0.15) is 5.10 Å². The maximum absolute atomic E-state index is 12.7. The van der Waals surface area contributed by atoms with Crippen molar-refractivity contribution in [1.29, 1.82) is 0 Å². The van der Waals surface area contributed by atoms with Crippen LogP contribution in [0.15, 0.2) is 96.0 Å². The van der Waals surface area contributed by atoms with E-state index in [0.29, 0.717) is 5.82 Å². The van der Waals surface area contributed by atoms with Crippen LogP contribution in [0.3, 0.4) is 0 Å². The summed E-state index contributed by atoms with van der Waals surface area (Å²) >= 11 is 1.41. The van der Waals surface area contributed by atoms with Gasteiger partial charge in [0.1, 0.15) is 5.03 Å². The average molecular weight is 466 g/mol. The molecule has 0 aliphatic heterocycles. The van der Waals surface area contributed by atoms with E-state index < -0.39 is 0 Å². The standard InChI is InChI=1S/C27H23N5OS/c1-2-22-24-26(32(31-22)21-16-10-5-11-17-21)29-25(19-12-6-3-7-13-19)30-27(24)34-18-23(33)28-20-14-8-4-9-15-20/h3-17H,2,18H2,1H3,(H,28,33). The van der Waals surface area contributed by atoms with Gasteiger partial charge in [-0.05, 0) is 30.7 Å². The summed E-state index contributed by atoms with van der Waals surface area (Å²) in [5.74, 6) is 0.756. The van der Waals surface area contributed by atoms with Crippen molar-refractivity contribution in [2.75, 3.05) is 11.1 Å². The first kappa shape index (κ1) is 21.9. The van der Waals surface area contributed by atoms with Crippen molar-refractivity contribution >= 4 is 34.4 Å². The summed E-state index contributed by atoms with van der Waals surface area (Å²) in [4.78, 5) is 22.5. The summed E-state index contributed by atoms with van der Waals surface area (Å²) in [6.07, 6.45) is 0.730. The van der Waals surface area contributed by atoms with Gasteiger partial charge in [-0.3, -0.25) is 4.79 Å². The summed E-state index contributed by atoms with van der Waals surface area (Å²) in [6, 6.07) is 29.3. The SMILES string of the molecule is CCc1nn(-c2ccccc2)c2nc(-c3ccccc3)nc(SCC(=O)Nc3ccccc3)c12. The molecular weight excluding hydrogens is 442 g/mol. The molecule has 5 rings (SSSR count). The van der Waals surface area contributed by atoms with Crippen molar-refractivity contribution < 1.29 is 4.79 Å². The number of para-hydroxylation sites is 2. The maximum atomic E-state index is 12.7. The number of aromatic nitrogens is 4. The number of fused-ring (bicyclic) bond motifs is 1. The van der Waals surface area contributed by atoms with E-state index in [2.05, 4.69) is 12.2 Å². The first-order valence-corrected chi connectivity index (χ1v) is 12.1. The molecule has 0 atom stereocenters. The third kappa shape index (κ3) is 4.56. The molecule has 2 heterocycles. The molecule has 5 aromatic rings. The van der Waals surface area contributed by atoms with E-state index in [4.69, 9.17) is 15.1 Å². The second kappa shape index (κ2) is 9.89. The van der Waals surface area contributed by atoms with Gasteiger partial charge in [-0.1, -0.05) is 85.4 Å². The summed E-state index contributed by atoms with van der Waals surface area (Å²) in [7, 11) is 0. The number of nitrogens with one attached hydrogen (secondary N) is 1. The maximum Gasteiger partial charge on any atom is 0.234 e. The Bertz CT molecular complexity index is 1420. The third-order valence-electron chi connectivity index (χ3n) is 5.33. The van der Waals surface area contributed by atoms with Crippen LogP contribution in [0.1, 0.15) is 12.6 Å². The molecule has 0 aliphatic carbocycles. The van der Waals surface area contributed by atoms with Gasteiger partial charge in [0.25, 0.3) is 0 Å². The van der Waals surface area contributed by atoms with Crippen LogP contribution in [0.5, 0.6) is 0 Å². The molecule has 0 saturated carbocycles. The molecule has 0 aliphatic rings. The zero-order chi connectivity index (χ0) is 23.3. The van der Waals surface area contributed by atoms with Gasteiger partial charge in [-0.15, -0.1) is 0 Å². The van der Waals surface area contributed by atoms with Gasteiger partial charge < -0.3 is 5.32 Å². The lowest BCUT2D eigenvalue weighted by atomic mass is 10.2. The predicted molar refractivity (Wildman–Crippen MR) is 137 cm³/mol. The van der Waals surface area contributed by atoms with E-state index >= 15 is 0 Å². The van der Waals surface area contributed by atoms with Crippen LogP contribution in [-0.2, 0) is 11.2 Å². The first-order chi connectivity index (χ1) is 16.7. The van der Waals surface area contributed by atoms with Crippen molar-refractivity contribution in [3.05, 3.63) is 96.7 Å². The lowest BCUT2D eigenvalue weighted by molar-refractivity contribution is -0.113. The smallest absolute Gasteiger partial charge is 0.234 e. The largest absolute Gasteiger partial charge is 0.325 e. The van der Waals surface area contributed by atoms with E-state index in [1.807, 2.05) is 95.7 Å². The average Bonchev–Trinajstić information content (AvgIpc) is 3.28. The van der Waals surface area contributed by atoms with Gasteiger partial charge in [0.15, 0.2) is 11.5 Å². The highest BCUT2D eigenvalue weighted by atomic mass is 32.2. The van der Waals surface area contributed by atoms with Crippen LogP contribution in [0.2, 0.25) is 0 Å². The highest BCUT2D eigenvalue weighted by Gasteiger charge is 2.20. The number of hydrogen-bond acceptors (Lipinski definition) is 5. The highest BCUT2D eigenvalue weighted by molar-refractivity contribution is 8.00. The van der Waals surface area contributed by atoms with Gasteiger partial charge in [0.05, 0.1) is 22.5 Å². The molecule has 34 heavy (non-hydrogen) atoms. The fraction of sp³-hybridized carbons (Fsp3) is 0.111. The number of hydrogen-bond donors (Lipinski definition) is 1. The molecule has 168 valence electrons. The van der Waals surface area contributed by atoms with Crippen LogP contribution in [-0.4, -0.2) is 31.4 Å². The van der Waals surface area contributed by atoms with Crippen LogP contribution < -0.4 is 5.32 Å². The minimum Gasteiger partial charge on any atom is -0.325 e. The first-order valence-electron chi connectivity index (χ1n) is 11.1. The van der Waals surface area contributed by atoms with E-state index in [0.717, 1.165) is 45.1 Å². The Morgan fingerprint density at radius 2 is 1.53 bits per heavy atom. The van der Waals surface area contributed by atoms with Gasteiger partial charge >= 0.3 is 0 Å². The summed E-state index contributed by atoms with van der Waals surface area (Å²) < 4.78 is 1.87. The Balaban J connectivity index is 1.58. The monoisotopic (exact) mass is 465 g/mol. The molecular formula is C27H23N5OS. The molecule has 3 aromatic carbocycles. The number of nitrogens with zero attached hydrogens (tertiary/aromatic N) is 4. The summed E-state index contributed by atoms with van der Waals surface area (Å²) in [6.45, 7) is 2.07. The molecule has 0 bridgehead atoms. The molecule has 0 spiro atoms. The summed E-state index contributed by atoms with van der Waals surface area (Å²) in [5.41, 5.74) is 4.27. The van der Waals surface area contributed by atoms with Crippen LogP contribution >= 0.6 is 11.8 Å². The van der Waals surface area contributed by atoms with Crippen molar-refractivity contribution in [2.45, 2.75) is 18.4 Å². The summed E-state index contributed by atoms with van der Waals surface area (Å²) in [5, 5.41) is 9.46. The minimum atomic E-state index is -0.0854. The Morgan fingerprint density at radius 3 is 2.21 bits per heavy atom. The zero-order valence-corrected chi connectivity index (χ0v) is 19.5. The lowest BCUT2D eigenvalue weighted by Gasteiger charge is -2.09. The molecule has 7 heteroatoms. The zero-order valence-electron chi connectivity index (χ0n) is 18.7. The van der Waals surface area contributed by atoms with E-state index in [1.54, 1.807) is 0 Å². The van der Waals surface area contributed by atoms with E-state index in [-0.39, 0.29) is 11.7 Å². The number of rotatable bonds is 7. The Kier molecular flexibility index (Phi) is 6.35. The van der Waals surface area contributed by atoms with Crippen LogP contribution in [0, 0.1) is 0 Å². The molecule has 6 nitrogen and oxygen atoms in total. The Labute approximate surface area is 202 Å². The van der Waals surface area contributed by atoms with Crippen LogP contribution in [0.25, 0.3) is 28.1 Å². The number of anilines is 1. The topological polar surface area (TPSA) is 72.7 Å². The lowest BCUT2D eigenvalue weighted by Crippen LogP contribution is -2.14. The van der Waals surface area contributed by atoms with Crippen molar-refractivity contribution in [3.8, 4) is 17.1 Å². The number of benzene rings is 3. The van der Waals surface area contributed by atoms with Gasteiger partial charge in [0.2, 0.25) is 5.91 Å². The second-order valence-corrected chi connectivity index (χ2v) is 8.63. The van der Waals surface area contributed by atoms with Crippen molar-refractivity contribution in [2.24, 2.45) is 0 Å². The molecule has 1 amide bonds. The number of thioether (sulfide) groups is 1. The van der Waals surface area contributed by atoms with E-state index in [9.17, 15) is 4.79 Å². The number of amides is 1. The van der Waals surface area contributed by atoms with Crippen molar-refractivity contribution in [3.63, 3.8) is 0 Å². The molecule has 2 aromatic heterocycles. The Hall–Kier alpha value is -3.97. The fourth-order valence-electron chi connectivity index (χ4n) is 3.72. The number of carbonyl (C=O) groups excluding carboxylic acids is 1. The normalized spacial score (nSPS) is 11.0.